The third kappa shape index (κ3) is 5.60. The van der Waals surface area contributed by atoms with E-state index in [9.17, 15) is 0 Å². The summed E-state index contributed by atoms with van der Waals surface area (Å²) < 4.78 is 0. The largest absolute Gasteiger partial charge is 0.275 e. The lowest BCUT2D eigenvalue weighted by Gasteiger charge is -2.35. The molecule has 0 radical (unpaired) electrons. The maximum absolute atomic E-state index is 2.87. The van der Waals surface area contributed by atoms with E-state index in [0.717, 1.165) is 13.1 Å². The summed E-state index contributed by atoms with van der Waals surface area (Å²) in [6.07, 6.45) is 5.40. The molecule has 1 saturated heterocycles. The molecular weight excluding hydrogens is 527 g/mol. The van der Waals surface area contributed by atoms with Crippen LogP contribution in [0.15, 0.2) is 146 Å². The van der Waals surface area contributed by atoms with Crippen molar-refractivity contribution in [1.29, 1.82) is 0 Å². The summed E-state index contributed by atoms with van der Waals surface area (Å²) in [5.74, 6) is 0. The Morgan fingerprint density at radius 1 is 0.476 bits per heavy atom. The van der Waals surface area contributed by atoms with Crippen molar-refractivity contribution >= 4 is 23.8 Å². The summed E-state index contributed by atoms with van der Waals surface area (Å²) in [5.41, 5.74) is 4.27. The Balaban J connectivity index is 1.39. The van der Waals surface area contributed by atoms with Gasteiger partial charge in [-0.3, -0.25) is 9.80 Å². The van der Waals surface area contributed by atoms with Gasteiger partial charge in [-0.1, -0.05) is 158 Å². The SMILES string of the molecule is c1ccc(CN2C(c3ccccc3P(c3ccccc3)c3ccccc3)N(Cc3ccccc3)[C@@H]3CCCC[C@H]32)cc1. The lowest BCUT2D eigenvalue weighted by molar-refractivity contribution is 0.103. The number of benzene rings is 5. The van der Waals surface area contributed by atoms with E-state index >= 15 is 0 Å². The highest BCUT2D eigenvalue weighted by Crippen LogP contribution is 2.47. The van der Waals surface area contributed by atoms with E-state index in [0.29, 0.717) is 12.1 Å². The van der Waals surface area contributed by atoms with Gasteiger partial charge in [0.2, 0.25) is 0 Å². The van der Waals surface area contributed by atoms with E-state index < -0.39 is 7.92 Å². The molecule has 0 spiro atoms. The first-order chi connectivity index (χ1) is 20.9. The number of rotatable bonds is 8. The van der Waals surface area contributed by atoms with Crippen LogP contribution in [0.2, 0.25) is 0 Å². The Morgan fingerprint density at radius 2 is 0.881 bits per heavy atom. The molecule has 1 aliphatic carbocycles. The molecular formula is C39H39N2P. The molecule has 2 nitrogen and oxygen atoms in total. The first kappa shape index (κ1) is 27.3. The fourth-order valence-electron chi connectivity index (χ4n) is 7.26. The summed E-state index contributed by atoms with van der Waals surface area (Å²) in [5, 5.41) is 4.29. The molecule has 5 aromatic rings. The Morgan fingerprint density at radius 3 is 1.36 bits per heavy atom. The minimum absolute atomic E-state index is 0.215. The molecule has 0 unspecified atom stereocenters. The molecule has 2 aliphatic rings. The number of nitrogens with zero attached hydrogens (tertiary/aromatic N) is 2. The summed E-state index contributed by atoms with van der Waals surface area (Å²) in [6, 6.07) is 55.1. The second-order valence-corrected chi connectivity index (χ2v) is 13.9. The van der Waals surface area contributed by atoms with Gasteiger partial charge < -0.3 is 0 Å². The lowest BCUT2D eigenvalue weighted by Crippen LogP contribution is -2.39. The van der Waals surface area contributed by atoms with Crippen LogP contribution in [0, 0.1) is 0 Å². The van der Waals surface area contributed by atoms with Gasteiger partial charge in [-0.25, -0.2) is 0 Å². The zero-order chi connectivity index (χ0) is 28.1. The standard InChI is InChI=1S/C39H39N2P/c1-5-17-31(18-6-1)29-40-36-26-14-15-27-37(36)41(30-32-19-7-2-8-20-32)39(40)35-25-13-16-28-38(35)42(33-21-9-3-10-22-33)34-23-11-4-12-24-34/h1-13,16-25,28,36-37,39H,14-15,26-27,29-30H2/t36-,37-/m1/s1. The molecule has 210 valence electrons. The van der Waals surface area contributed by atoms with Crippen LogP contribution in [0.3, 0.4) is 0 Å². The lowest BCUT2D eigenvalue weighted by atomic mass is 9.90. The van der Waals surface area contributed by atoms with Gasteiger partial charge in [0.15, 0.2) is 0 Å². The zero-order valence-electron chi connectivity index (χ0n) is 24.2. The van der Waals surface area contributed by atoms with Crippen molar-refractivity contribution in [1.82, 2.24) is 9.80 Å². The normalized spacial score (nSPS) is 19.6. The van der Waals surface area contributed by atoms with Crippen molar-refractivity contribution < 1.29 is 0 Å². The van der Waals surface area contributed by atoms with Gasteiger partial charge in [0.1, 0.15) is 0 Å². The average molecular weight is 567 g/mol. The van der Waals surface area contributed by atoms with Gasteiger partial charge >= 0.3 is 0 Å². The van der Waals surface area contributed by atoms with Crippen molar-refractivity contribution in [2.75, 3.05) is 0 Å². The molecule has 2 atom stereocenters. The summed E-state index contributed by atoms with van der Waals surface area (Å²) in [7, 11) is -0.714. The monoisotopic (exact) mass is 566 g/mol. The van der Waals surface area contributed by atoms with Crippen LogP contribution in [-0.4, -0.2) is 21.9 Å². The van der Waals surface area contributed by atoms with Crippen LogP contribution in [0.1, 0.15) is 48.5 Å². The minimum atomic E-state index is -0.714. The first-order valence-electron chi connectivity index (χ1n) is 15.5. The second-order valence-electron chi connectivity index (χ2n) is 11.7. The summed E-state index contributed by atoms with van der Waals surface area (Å²) in [6.45, 7) is 1.95. The highest BCUT2D eigenvalue weighted by Gasteiger charge is 2.48. The fraction of sp³-hybridized carbons (Fsp3) is 0.231. The summed E-state index contributed by atoms with van der Waals surface area (Å²) in [4.78, 5) is 5.73. The molecule has 5 aromatic carbocycles. The Bertz CT molecular complexity index is 1460. The Hall–Kier alpha value is -3.55. The quantitative estimate of drug-likeness (QED) is 0.177. The molecule has 3 heteroatoms. The molecule has 0 bridgehead atoms. The van der Waals surface area contributed by atoms with Crippen molar-refractivity contribution in [2.24, 2.45) is 0 Å². The van der Waals surface area contributed by atoms with Crippen molar-refractivity contribution in [3.63, 3.8) is 0 Å². The maximum Gasteiger partial charge on any atom is 0.0904 e. The molecule has 0 amide bonds. The number of fused-ring (bicyclic) bond motifs is 1. The molecule has 7 rings (SSSR count). The molecule has 1 saturated carbocycles. The topological polar surface area (TPSA) is 6.48 Å². The number of hydrogen-bond acceptors (Lipinski definition) is 2. The Labute approximate surface area is 252 Å². The minimum Gasteiger partial charge on any atom is -0.275 e. The fourth-order valence-corrected chi connectivity index (χ4v) is 9.74. The average Bonchev–Trinajstić information content (AvgIpc) is 3.36. The van der Waals surface area contributed by atoms with Crippen LogP contribution >= 0.6 is 7.92 Å². The van der Waals surface area contributed by atoms with E-state index in [2.05, 4.69) is 155 Å². The van der Waals surface area contributed by atoms with Crippen LogP contribution in [0.5, 0.6) is 0 Å². The molecule has 2 fully saturated rings. The van der Waals surface area contributed by atoms with Gasteiger partial charge in [0, 0.05) is 25.2 Å². The van der Waals surface area contributed by atoms with E-state index in [1.807, 2.05) is 0 Å². The van der Waals surface area contributed by atoms with Crippen LogP contribution in [-0.2, 0) is 13.1 Å². The van der Waals surface area contributed by atoms with Crippen molar-refractivity contribution in [3.05, 3.63) is 162 Å². The van der Waals surface area contributed by atoms with Crippen molar-refractivity contribution in [2.45, 2.75) is 57.0 Å². The molecule has 0 N–H and O–H groups in total. The predicted octanol–water partition coefficient (Wildman–Crippen LogP) is 7.77. The highest BCUT2D eigenvalue weighted by atomic mass is 31.1. The highest BCUT2D eigenvalue weighted by molar-refractivity contribution is 7.79. The molecule has 0 aromatic heterocycles. The van der Waals surface area contributed by atoms with E-state index in [4.69, 9.17) is 0 Å². The van der Waals surface area contributed by atoms with Crippen molar-refractivity contribution in [3.8, 4) is 0 Å². The van der Waals surface area contributed by atoms with Crippen LogP contribution in [0.25, 0.3) is 0 Å². The molecule has 1 heterocycles. The smallest absolute Gasteiger partial charge is 0.0904 e. The third-order valence-corrected chi connectivity index (χ3v) is 11.6. The Kier molecular flexibility index (Phi) is 8.29. The number of hydrogen-bond donors (Lipinski definition) is 0. The van der Waals surface area contributed by atoms with E-state index in [1.165, 1.54) is 58.3 Å². The molecule has 1 aliphatic heterocycles. The zero-order valence-corrected chi connectivity index (χ0v) is 25.1. The summed E-state index contributed by atoms with van der Waals surface area (Å²) >= 11 is 0. The second kappa shape index (κ2) is 12.8. The van der Waals surface area contributed by atoms with E-state index in [1.54, 1.807) is 0 Å². The molecule has 42 heavy (non-hydrogen) atoms. The predicted molar refractivity (Wildman–Crippen MR) is 178 cm³/mol. The van der Waals surface area contributed by atoms with Crippen LogP contribution in [0.4, 0.5) is 0 Å². The van der Waals surface area contributed by atoms with Gasteiger partial charge in [0.25, 0.3) is 0 Å². The van der Waals surface area contributed by atoms with Crippen LogP contribution < -0.4 is 15.9 Å². The van der Waals surface area contributed by atoms with E-state index in [-0.39, 0.29) is 6.17 Å². The van der Waals surface area contributed by atoms with Gasteiger partial charge in [-0.2, -0.15) is 0 Å². The van der Waals surface area contributed by atoms with Gasteiger partial charge in [-0.05, 0) is 53.4 Å². The first-order valence-corrected chi connectivity index (χ1v) is 16.8. The van der Waals surface area contributed by atoms with Gasteiger partial charge in [0.05, 0.1) is 6.17 Å². The van der Waals surface area contributed by atoms with Gasteiger partial charge in [-0.15, -0.1) is 0 Å². The third-order valence-electron chi connectivity index (χ3n) is 9.07. The maximum atomic E-state index is 2.87.